The highest BCUT2D eigenvalue weighted by Crippen LogP contribution is 2.52. The number of carboxylic acid groups (broad SMARTS) is 1. The minimum absolute atomic E-state index is 0.00964. The van der Waals surface area contributed by atoms with E-state index in [4.69, 9.17) is 9.47 Å². The van der Waals surface area contributed by atoms with Gasteiger partial charge in [-0.05, 0) is 36.1 Å². The smallest absolute Gasteiger partial charge is 0.325 e. The van der Waals surface area contributed by atoms with Crippen molar-refractivity contribution < 1.29 is 27.8 Å². The Balaban J connectivity index is 1.30. The van der Waals surface area contributed by atoms with Gasteiger partial charge in [-0.2, -0.15) is 4.72 Å². The van der Waals surface area contributed by atoms with E-state index in [9.17, 15) is 18.3 Å². The van der Waals surface area contributed by atoms with Crippen LogP contribution in [0.1, 0.15) is 29.2 Å². The topological polar surface area (TPSA) is 108 Å². The van der Waals surface area contributed by atoms with Gasteiger partial charge in [-0.3, -0.25) is 9.69 Å². The summed E-state index contributed by atoms with van der Waals surface area (Å²) in [5.41, 5.74) is 0.400. The first kappa shape index (κ1) is 21.7. The molecule has 2 N–H and O–H groups in total. The number of carboxylic acids is 1. The van der Waals surface area contributed by atoms with Crippen LogP contribution in [0.3, 0.4) is 0 Å². The number of epoxide rings is 1. The van der Waals surface area contributed by atoms with Crippen molar-refractivity contribution in [1.29, 1.82) is 0 Å². The number of nitrogens with zero attached hydrogens (tertiary/aromatic N) is 1. The molecular weight excluding hydrogens is 452 g/mol. The van der Waals surface area contributed by atoms with Crippen molar-refractivity contribution >= 4 is 32.9 Å². The van der Waals surface area contributed by atoms with Crippen LogP contribution >= 0.6 is 11.3 Å². The van der Waals surface area contributed by atoms with Crippen LogP contribution in [0.25, 0.3) is 5.57 Å². The Morgan fingerprint density at radius 3 is 2.69 bits per heavy atom. The second kappa shape index (κ2) is 8.05. The normalized spacial score (nSPS) is 30.0. The van der Waals surface area contributed by atoms with Gasteiger partial charge in [0.25, 0.3) is 10.0 Å². The van der Waals surface area contributed by atoms with Gasteiger partial charge in [-0.15, -0.1) is 11.3 Å². The molecule has 2 aliphatic heterocycles. The molecular formula is C22H24N2O6S2. The number of rotatable bonds is 8. The van der Waals surface area contributed by atoms with Crippen molar-refractivity contribution in [3.8, 4) is 0 Å². The average molecular weight is 477 g/mol. The maximum atomic E-state index is 13.1. The molecule has 3 unspecified atom stereocenters. The van der Waals surface area contributed by atoms with E-state index in [-0.39, 0.29) is 29.1 Å². The summed E-state index contributed by atoms with van der Waals surface area (Å²) < 4.78 is 39.4. The molecule has 10 heteroatoms. The zero-order valence-corrected chi connectivity index (χ0v) is 19.1. The van der Waals surface area contributed by atoms with E-state index in [0.717, 1.165) is 29.0 Å². The van der Waals surface area contributed by atoms with Crippen LogP contribution in [-0.4, -0.2) is 62.6 Å². The molecule has 4 atom stereocenters. The summed E-state index contributed by atoms with van der Waals surface area (Å²) in [5.74, 6) is -1.54. The molecule has 0 amide bonds. The number of nitrogens with one attached hydrogen (secondary N) is 1. The van der Waals surface area contributed by atoms with Crippen molar-refractivity contribution in [2.75, 3.05) is 20.2 Å². The zero-order chi connectivity index (χ0) is 22.5. The van der Waals surface area contributed by atoms with Gasteiger partial charge in [0.15, 0.2) is 12.5 Å². The lowest BCUT2D eigenvalue weighted by molar-refractivity contribution is -0.140. The first-order valence-electron chi connectivity index (χ1n) is 10.4. The van der Waals surface area contributed by atoms with E-state index in [1.807, 2.05) is 30.3 Å². The van der Waals surface area contributed by atoms with Crippen molar-refractivity contribution in [3.63, 3.8) is 0 Å². The number of thiophene rings is 1. The Labute approximate surface area is 190 Å². The summed E-state index contributed by atoms with van der Waals surface area (Å²) in [7, 11) is -2.35. The molecule has 0 radical (unpaired) electrons. The van der Waals surface area contributed by atoms with Gasteiger partial charge in [-0.25, -0.2) is 8.42 Å². The van der Waals surface area contributed by atoms with E-state index in [2.05, 4.69) is 15.7 Å². The highest BCUT2D eigenvalue weighted by molar-refractivity contribution is 7.91. The number of hydrogen-bond acceptors (Lipinski definition) is 7. The third kappa shape index (κ3) is 3.91. The number of methoxy groups -OCH3 is 1. The molecule has 2 fully saturated rings. The first-order valence-corrected chi connectivity index (χ1v) is 12.7. The summed E-state index contributed by atoms with van der Waals surface area (Å²) in [6.07, 6.45) is 2.91. The molecule has 3 heterocycles. The van der Waals surface area contributed by atoms with Crippen molar-refractivity contribution in [2.24, 2.45) is 0 Å². The maximum absolute atomic E-state index is 13.1. The molecule has 1 aromatic carbocycles. The molecule has 1 aromatic heterocycles. The van der Waals surface area contributed by atoms with Gasteiger partial charge in [0.1, 0.15) is 9.75 Å². The van der Waals surface area contributed by atoms with Crippen LogP contribution in [-0.2, 0) is 24.3 Å². The highest BCUT2D eigenvalue weighted by atomic mass is 32.2. The van der Waals surface area contributed by atoms with Gasteiger partial charge in [0.05, 0.1) is 0 Å². The third-order valence-electron chi connectivity index (χ3n) is 6.29. The van der Waals surface area contributed by atoms with Crippen molar-refractivity contribution in [1.82, 2.24) is 9.62 Å². The lowest BCUT2D eigenvalue weighted by atomic mass is 10.1. The molecule has 1 aliphatic carbocycles. The molecule has 8 nitrogen and oxygen atoms in total. The number of aliphatic carboxylic acids is 1. The molecule has 1 saturated heterocycles. The predicted octanol–water partition coefficient (Wildman–Crippen LogP) is 2.46. The van der Waals surface area contributed by atoms with Crippen LogP contribution in [0.2, 0.25) is 0 Å². The number of sulfonamides is 1. The number of carbonyl (C=O) groups is 1. The predicted molar refractivity (Wildman–Crippen MR) is 119 cm³/mol. The van der Waals surface area contributed by atoms with Crippen LogP contribution < -0.4 is 4.72 Å². The Hall–Kier alpha value is -2.08. The Morgan fingerprint density at radius 2 is 2.06 bits per heavy atom. The summed E-state index contributed by atoms with van der Waals surface area (Å²) in [6, 6.07) is 12.5. The van der Waals surface area contributed by atoms with Gasteiger partial charge in [0, 0.05) is 31.0 Å². The third-order valence-corrected chi connectivity index (χ3v) is 9.45. The number of hydrogen-bond donors (Lipinski definition) is 2. The van der Waals surface area contributed by atoms with E-state index >= 15 is 0 Å². The zero-order valence-electron chi connectivity index (χ0n) is 17.4. The summed E-state index contributed by atoms with van der Waals surface area (Å²) >= 11 is 1.17. The summed E-state index contributed by atoms with van der Waals surface area (Å²) in [5, 5.41) is 9.81. The van der Waals surface area contributed by atoms with Gasteiger partial charge in [0.2, 0.25) is 0 Å². The van der Waals surface area contributed by atoms with Crippen LogP contribution in [0.4, 0.5) is 0 Å². The van der Waals surface area contributed by atoms with E-state index in [1.165, 1.54) is 11.3 Å². The first-order chi connectivity index (χ1) is 15.3. The maximum Gasteiger partial charge on any atom is 0.325 e. The van der Waals surface area contributed by atoms with E-state index < -0.39 is 21.5 Å². The van der Waals surface area contributed by atoms with Crippen LogP contribution in [0.15, 0.2) is 52.7 Å². The molecule has 0 spiro atoms. The summed E-state index contributed by atoms with van der Waals surface area (Å²) in [6.45, 7) is 1.51. The largest absolute Gasteiger partial charge is 0.480 e. The molecule has 2 aromatic rings. The minimum atomic E-state index is -3.97. The van der Waals surface area contributed by atoms with E-state index in [0.29, 0.717) is 6.54 Å². The van der Waals surface area contributed by atoms with Crippen molar-refractivity contribution in [3.05, 3.63) is 59.0 Å². The van der Waals surface area contributed by atoms with Gasteiger partial charge < -0.3 is 14.6 Å². The second-order valence-corrected chi connectivity index (χ2v) is 11.3. The fourth-order valence-electron chi connectivity index (χ4n) is 4.33. The molecule has 5 rings (SSSR count). The SMILES string of the molecule is COC1OC1N1CC=C(c2ccc(S(=O)(=O)NC3(C(=O)O)C[C@@H]3c3ccccc3)s2)CC1. The van der Waals surface area contributed by atoms with Gasteiger partial charge in [-0.1, -0.05) is 36.4 Å². The molecule has 170 valence electrons. The second-order valence-electron chi connectivity index (χ2n) is 8.27. The fourth-order valence-corrected chi connectivity index (χ4v) is 7.11. The highest BCUT2D eigenvalue weighted by Gasteiger charge is 2.63. The lowest BCUT2D eigenvalue weighted by Crippen LogP contribution is -2.44. The fraction of sp³-hybridized carbons (Fsp3) is 0.409. The van der Waals surface area contributed by atoms with Gasteiger partial charge >= 0.3 is 5.97 Å². The van der Waals surface area contributed by atoms with Crippen LogP contribution in [0, 0.1) is 0 Å². The van der Waals surface area contributed by atoms with Crippen LogP contribution in [0.5, 0.6) is 0 Å². The Kier molecular flexibility index (Phi) is 5.47. The lowest BCUT2D eigenvalue weighted by Gasteiger charge is -2.24. The molecule has 1 saturated carbocycles. The quantitative estimate of drug-likeness (QED) is 0.564. The molecule has 3 aliphatic rings. The van der Waals surface area contributed by atoms with E-state index in [1.54, 1.807) is 19.2 Å². The molecule has 32 heavy (non-hydrogen) atoms. The standard InChI is InChI=1S/C22H24N2O6S2/c1-29-20-19(30-20)24-11-9-15(10-12-24)17-7-8-18(31-17)32(27,28)23-22(21(25)26)13-16(22)14-5-3-2-4-6-14/h2-9,16,19-20,23H,10-13H2,1H3,(H,25,26)/t16-,19?,20?,22?/m1/s1. The minimum Gasteiger partial charge on any atom is -0.480 e. The average Bonchev–Trinajstić information content (AvgIpc) is 3.68. The Morgan fingerprint density at radius 1 is 1.28 bits per heavy atom. The number of benzene rings is 1. The summed E-state index contributed by atoms with van der Waals surface area (Å²) in [4.78, 5) is 15.1. The number of ether oxygens (including phenoxy) is 2. The molecule has 0 bridgehead atoms. The Bertz CT molecular complexity index is 1160. The monoisotopic (exact) mass is 476 g/mol. The van der Waals surface area contributed by atoms with Crippen molar-refractivity contribution in [2.45, 2.75) is 41.0 Å².